The van der Waals surface area contributed by atoms with Crippen molar-refractivity contribution in [1.29, 1.82) is 0 Å². The summed E-state index contributed by atoms with van der Waals surface area (Å²) in [5.74, 6) is -0.172. The molecule has 0 bridgehead atoms. The lowest BCUT2D eigenvalue weighted by atomic mass is 10.0. The van der Waals surface area contributed by atoms with Gasteiger partial charge in [-0.1, -0.05) is 15.9 Å². The second-order valence-electron chi connectivity index (χ2n) is 5.79. The third kappa shape index (κ3) is 4.55. The summed E-state index contributed by atoms with van der Waals surface area (Å²) >= 11 is 6.54. The molecule has 0 aliphatic carbocycles. The van der Waals surface area contributed by atoms with Crippen molar-refractivity contribution in [2.24, 2.45) is 0 Å². The zero-order valence-corrected chi connectivity index (χ0v) is 17.0. The molecule has 0 radical (unpaired) electrons. The van der Waals surface area contributed by atoms with Crippen LogP contribution in [-0.4, -0.2) is 37.9 Å². The molecule has 1 aromatic rings. The van der Waals surface area contributed by atoms with Crippen LogP contribution in [0, 0.1) is 0 Å². The standard InChI is InChI=1S/C15H20Br2N2O3S/c1-10-5-3-4-8-19(10)15(20)11(2)18-23(21,22)14-7-6-12(16)9-13(14)17/h6-7,9-11,18H,3-5,8H2,1-2H3. The van der Waals surface area contributed by atoms with Crippen LogP contribution in [0.15, 0.2) is 32.0 Å². The molecule has 0 spiro atoms. The van der Waals surface area contributed by atoms with E-state index in [4.69, 9.17) is 0 Å². The van der Waals surface area contributed by atoms with Gasteiger partial charge in [0.25, 0.3) is 0 Å². The molecule has 5 nitrogen and oxygen atoms in total. The summed E-state index contributed by atoms with van der Waals surface area (Å²) < 4.78 is 28.7. The topological polar surface area (TPSA) is 66.5 Å². The molecule has 1 aliphatic heterocycles. The van der Waals surface area contributed by atoms with E-state index < -0.39 is 16.1 Å². The molecule has 1 heterocycles. The minimum Gasteiger partial charge on any atom is -0.339 e. The van der Waals surface area contributed by atoms with E-state index in [1.165, 1.54) is 6.07 Å². The van der Waals surface area contributed by atoms with Crippen LogP contribution in [0.2, 0.25) is 0 Å². The molecule has 1 N–H and O–H groups in total. The lowest BCUT2D eigenvalue weighted by Crippen LogP contribution is -2.51. The van der Waals surface area contributed by atoms with Crippen LogP contribution in [0.25, 0.3) is 0 Å². The molecule has 2 rings (SSSR count). The van der Waals surface area contributed by atoms with Gasteiger partial charge in [0.2, 0.25) is 15.9 Å². The summed E-state index contributed by atoms with van der Waals surface area (Å²) in [4.78, 5) is 14.4. The Hall–Kier alpha value is -0.440. The monoisotopic (exact) mass is 466 g/mol. The van der Waals surface area contributed by atoms with Crippen molar-refractivity contribution in [2.75, 3.05) is 6.54 Å². The van der Waals surface area contributed by atoms with Gasteiger partial charge in [0, 0.05) is 21.5 Å². The number of nitrogens with zero attached hydrogens (tertiary/aromatic N) is 1. The van der Waals surface area contributed by atoms with Crippen LogP contribution in [-0.2, 0) is 14.8 Å². The number of nitrogens with one attached hydrogen (secondary N) is 1. The maximum Gasteiger partial charge on any atom is 0.242 e. The van der Waals surface area contributed by atoms with Crippen LogP contribution in [0.1, 0.15) is 33.1 Å². The summed E-state index contributed by atoms with van der Waals surface area (Å²) in [5.41, 5.74) is 0. The molecule has 0 saturated carbocycles. The molecule has 8 heteroatoms. The van der Waals surface area contributed by atoms with Crippen LogP contribution in [0.3, 0.4) is 0 Å². The quantitative estimate of drug-likeness (QED) is 0.738. The van der Waals surface area contributed by atoms with E-state index >= 15 is 0 Å². The van der Waals surface area contributed by atoms with E-state index in [9.17, 15) is 13.2 Å². The average Bonchev–Trinajstić information content (AvgIpc) is 2.46. The molecule has 128 valence electrons. The molecule has 23 heavy (non-hydrogen) atoms. The van der Waals surface area contributed by atoms with E-state index in [0.717, 1.165) is 23.7 Å². The molecule has 2 atom stereocenters. The van der Waals surface area contributed by atoms with E-state index in [2.05, 4.69) is 36.6 Å². The highest BCUT2D eigenvalue weighted by atomic mass is 79.9. The summed E-state index contributed by atoms with van der Waals surface area (Å²) in [6.45, 7) is 4.28. The Balaban J connectivity index is 2.14. The number of halogens is 2. The molecule has 1 saturated heterocycles. The molecule has 2 unspecified atom stereocenters. The molecular formula is C15H20Br2N2O3S. The third-order valence-corrected chi connectivity index (χ3v) is 6.98. The molecule has 1 amide bonds. The predicted molar refractivity (Wildman–Crippen MR) is 96.7 cm³/mol. The van der Waals surface area contributed by atoms with Gasteiger partial charge in [0.05, 0.1) is 10.9 Å². The zero-order chi connectivity index (χ0) is 17.2. The fourth-order valence-corrected chi connectivity index (χ4v) is 5.66. The Morgan fingerprint density at radius 3 is 2.65 bits per heavy atom. The van der Waals surface area contributed by atoms with Gasteiger partial charge < -0.3 is 4.90 Å². The highest BCUT2D eigenvalue weighted by Gasteiger charge is 2.30. The maximum absolute atomic E-state index is 12.5. The van der Waals surface area contributed by atoms with Crippen molar-refractivity contribution in [3.8, 4) is 0 Å². The Morgan fingerprint density at radius 2 is 2.04 bits per heavy atom. The van der Waals surface area contributed by atoms with E-state index in [0.29, 0.717) is 11.0 Å². The largest absolute Gasteiger partial charge is 0.339 e. The van der Waals surface area contributed by atoms with Gasteiger partial charge in [-0.2, -0.15) is 4.72 Å². The van der Waals surface area contributed by atoms with Crippen molar-refractivity contribution in [1.82, 2.24) is 9.62 Å². The fraction of sp³-hybridized carbons (Fsp3) is 0.533. The number of piperidine rings is 1. The van der Waals surface area contributed by atoms with Crippen molar-refractivity contribution < 1.29 is 13.2 Å². The summed E-state index contributed by atoms with van der Waals surface area (Å²) in [6, 6.07) is 4.17. The lowest BCUT2D eigenvalue weighted by Gasteiger charge is -2.35. The van der Waals surface area contributed by atoms with Crippen molar-refractivity contribution >= 4 is 47.8 Å². The Bertz CT molecular complexity index is 694. The molecular weight excluding hydrogens is 448 g/mol. The van der Waals surface area contributed by atoms with Crippen LogP contribution >= 0.6 is 31.9 Å². The van der Waals surface area contributed by atoms with Gasteiger partial charge in [-0.25, -0.2) is 8.42 Å². The summed E-state index contributed by atoms with van der Waals surface area (Å²) in [7, 11) is -3.77. The van der Waals surface area contributed by atoms with Gasteiger partial charge in [-0.05, 0) is 67.2 Å². The van der Waals surface area contributed by atoms with E-state index in [1.807, 2.05) is 6.92 Å². The Morgan fingerprint density at radius 1 is 1.35 bits per heavy atom. The van der Waals surface area contributed by atoms with Gasteiger partial charge in [-0.3, -0.25) is 4.79 Å². The smallest absolute Gasteiger partial charge is 0.242 e. The molecule has 1 fully saturated rings. The number of sulfonamides is 1. The molecule has 1 aliphatic rings. The Labute approximate surface area is 154 Å². The van der Waals surface area contributed by atoms with Gasteiger partial charge >= 0.3 is 0 Å². The average molecular weight is 468 g/mol. The summed E-state index contributed by atoms with van der Waals surface area (Å²) in [6.07, 6.45) is 3.04. The van der Waals surface area contributed by atoms with Crippen molar-refractivity contribution in [2.45, 2.75) is 50.1 Å². The summed E-state index contributed by atoms with van der Waals surface area (Å²) in [5, 5.41) is 0. The van der Waals surface area contributed by atoms with Crippen LogP contribution < -0.4 is 4.72 Å². The first kappa shape index (κ1) is 18.9. The third-order valence-electron chi connectivity index (χ3n) is 3.97. The number of carbonyl (C=O) groups is 1. The number of benzene rings is 1. The Kier molecular flexibility index (Phi) is 6.27. The second-order valence-corrected chi connectivity index (χ2v) is 9.25. The SMILES string of the molecule is CC(NS(=O)(=O)c1ccc(Br)cc1Br)C(=O)N1CCCCC1C. The first-order valence-electron chi connectivity index (χ1n) is 7.50. The number of carbonyl (C=O) groups excluding carboxylic acids is 1. The highest BCUT2D eigenvalue weighted by molar-refractivity contribution is 9.11. The van der Waals surface area contributed by atoms with Crippen molar-refractivity contribution in [3.63, 3.8) is 0 Å². The van der Waals surface area contributed by atoms with E-state index in [-0.39, 0.29) is 16.8 Å². The lowest BCUT2D eigenvalue weighted by molar-refractivity contribution is -0.135. The van der Waals surface area contributed by atoms with Crippen LogP contribution in [0.5, 0.6) is 0 Å². The fourth-order valence-electron chi connectivity index (χ4n) is 2.71. The van der Waals surface area contributed by atoms with Gasteiger partial charge in [0.15, 0.2) is 0 Å². The van der Waals surface area contributed by atoms with Crippen LogP contribution in [0.4, 0.5) is 0 Å². The minimum absolute atomic E-state index is 0.118. The first-order valence-corrected chi connectivity index (χ1v) is 10.6. The second kappa shape index (κ2) is 7.63. The zero-order valence-electron chi connectivity index (χ0n) is 13.1. The van der Waals surface area contributed by atoms with E-state index in [1.54, 1.807) is 24.0 Å². The van der Waals surface area contributed by atoms with Crippen molar-refractivity contribution in [3.05, 3.63) is 27.1 Å². The number of likely N-dealkylation sites (tertiary alicyclic amines) is 1. The van der Waals surface area contributed by atoms with Gasteiger partial charge in [-0.15, -0.1) is 0 Å². The molecule has 0 aromatic heterocycles. The maximum atomic E-state index is 12.5. The number of hydrogen-bond acceptors (Lipinski definition) is 3. The predicted octanol–water partition coefficient (Wildman–Crippen LogP) is 3.28. The first-order chi connectivity index (χ1) is 10.7. The minimum atomic E-state index is -3.77. The number of hydrogen-bond donors (Lipinski definition) is 1. The van der Waals surface area contributed by atoms with Gasteiger partial charge in [0.1, 0.15) is 0 Å². The normalized spacial score (nSPS) is 20.3. The molecule has 1 aromatic carbocycles. The highest BCUT2D eigenvalue weighted by Crippen LogP contribution is 2.26. The number of rotatable bonds is 4. The number of amides is 1.